The summed E-state index contributed by atoms with van der Waals surface area (Å²) >= 11 is 0. The molecule has 1 heterocycles. The second kappa shape index (κ2) is 13.2. The van der Waals surface area contributed by atoms with Crippen LogP contribution in [0.5, 0.6) is 11.5 Å². The second-order valence-corrected chi connectivity index (χ2v) is 17.4. The van der Waals surface area contributed by atoms with Gasteiger partial charge in [-0.05, 0) is 58.4 Å². The van der Waals surface area contributed by atoms with Gasteiger partial charge in [-0.15, -0.1) is 0 Å². The molecule has 4 rings (SSSR count). The average Bonchev–Trinajstić information content (AvgIpc) is 3.70. The lowest BCUT2D eigenvalue weighted by molar-refractivity contribution is -0.194. The van der Waals surface area contributed by atoms with Crippen LogP contribution in [-0.4, -0.2) is 53.6 Å². The molecule has 0 bridgehead atoms. The molecular formula is C32H48O6Si. The first-order valence-corrected chi connectivity index (χ1v) is 16.6. The maximum absolute atomic E-state index is 7.02. The Morgan fingerprint density at radius 2 is 1.18 bits per heavy atom. The monoisotopic (exact) mass is 556 g/mol. The van der Waals surface area contributed by atoms with Crippen LogP contribution in [0.4, 0.5) is 0 Å². The highest BCUT2D eigenvalue weighted by Crippen LogP contribution is 2.48. The molecular weight excluding hydrogens is 508 g/mol. The molecule has 2 aromatic carbocycles. The number of fused-ring (bicyclic) bond motifs is 1. The Labute approximate surface area is 236 Å². The number of rotatable bonds is 14. The predicted molar refractivity (Wildman–Crippen MR) is 157 cm³/mol. The third-order valence-corrected chi connectivity index (χ3v) is 14.7. The Morgan fingerprint density at radius 1 is 0.718 bits per heavy atom. The van der Waals surface area contributed by atoms with Gasteiger partial charge in [0.1, 0.15) is 23.7 Å². The van der Waals surface area contributed by atoms with Crippen LogP contribution in [0.15, 0.2) is 48.5 Å². The zero-order valence-electron chi connectivity index (χ0n) is 25.0. The van der Waals surface area contributed by atoms with E-state index in [9.17, 15) is 0 Å². The van der Waals surface area contributed by atoms with Crippen molar-refractivity contribution in [1.29, 1.82) is 0 Å². The Kier molecular flexibility index (Phi) is 10.2. The summed E-state index contributed by atoms with van der Waals surface area (Å²) in [7, 11) is 1.31. The first-order chi connectivity index (χ1) is 18.7. The van der Waals surface area contributed by atoms with Crippen LogP contribution in [0.25, 0.3) is 0 Å². The average molecular weight is 557 g/mol. The number of hydrogen-bond acceptors (Lipinski definition) is 6. The first-order valence-electron chi connectivity index (χ1n) is 14.5. The van der Waals surface area contributed by atoms with Crippen LogP contribution in [-0.2, 0) is 31.9 Å². The van der Waals surface area contributed by atoms with Crippen molar-refractivity contribution in [3.05, 3.63) is 59.7 Å². The van der Waals surface area contributed by atoms with Crippen LogP contribution in [0, 0.1) is 5.92 Å². The fourth-order valence-corrected chi connectivity index (χ4v) is 12.0. The topological polar surface area (TPSA) is 55.4 Å². The maximum Gasteiger partial charge on any atom is 0.200 e. The fraction of sp³-hybridized carbons (Fsp3) is 0.625. The van der Waals surface area contributed by atoms with Gasteiger partial charge >= 0.3 is 0 Å². The molecule has 2 aliphatic rings. The highest BCUT2D eigenvalue weighted by Gasteiger charge is 2.57. The van der Waals surface area contributed by atoms with E-state index in [1.807, 2.05) is 24.3 Å². The standard InChI is InChI=1S/C32H48O6Si/c1-21(2)39(22(3)4,23(5)6)37-20-30-32(36-19-25-11-15-27(34-8)16-12-25)31(28-17-29(28)38-30)35-18-24-9-13-26(33-7)14-10-24/h9-16,21-23,28-32H,17-20H2,1-8H3/t28-,29+,30+,31+,32+/m0/s1. The quantitative estimate of drug-likeness (QED) is 0.230. The molecule has 0 N–H and O–H groups in total. The van der Waals surface area contributed by atoms with E-state index in [0.717, 1.165) is 29.0 Å². The summed E-state index contributed by atoms with van der Waals surface area (Å²) in [6.45, 7) is 15.5. The highest BCUT2D eigenvalue weighted by molar-refractivity contribution is 6.77. The van der Waals surface area contributed by atoms with Gasteiger partial charge in [-0.1, -0.05) is 65.8 Å². The molecule has 5 atom stereocenters. The summed E-state index contributed by atoms with van der Waals surface area (Å²) in [5, 5.41) is 0. The van der Waals surface area contributed by atoms with Gasteiger partial charge < -0.3 is 28.1 Å². The van der Waals surface area contributed by atoms with E-state index in [0.29, 0.717) is 42.4 Å². The number of hydrogen-bond donors (Lipinski definition) is 0. The molecule has 6 nitrogen and oxygen atoms in total. The highest BCUT2D eigenvalue weighted by atomic mass is 28.4. The van der Waals surface area contributed by atoms with E-state index in [-0.39, 0.29) is 24.4 Å². The van der Waals surface area contributed by atoms with Gasteiger partial charge in [-0.2, -0.15) is 0 Å². The van der Waals surface area contributed by atoms with Crippen molar-refractivity contribution < 1.29 is 28.1 Å². The number of ether oxygens (including phenoxy) is 5. The van der Waals surface area contributed by atoms with Gasteiger partial charge in [0.15, 0.2) is 8.32 Å². The molecule has 0 spiro atoms. The minimum absolute atomic E-state index is 0.0501. The first kappa shape index (κ1) is 30.1. The van der Waals surface area contributed by atoms with E-state index in [2.05, 4.69) is 65.8 Å². The molecule has 2 aromatic rings. The molecule has 1 aliphatic heterocycles. The molecule has 1 aliphatic carbocycles. The van der Waals surface area contributed by atoms with Gasteiger partial charge in [-0.3, -0.25) is 0 Å². The van der Waals surface area contributed by atoms with Crippen LogP contribution in [0.1, 0.15) is 59.1 Å². The van der Waals surface area contributed by atoms with Gasteiger partial charge in [0.2, 0.25) is 0 Å². The fourth-order valence-electron chi connectivity index (χ4n) is 6.56. The van der Waals surface area contributed by atoms with E-state index >= 15 is 0 Å². The summed E-state index contributed by atoms with van der Waals surface area (Å²) in [4.78, 5) is 0. The SMILES string of the molecule is COc1ccc(CO[C@@H]2[C@H]3C[C@H]3O[C@H](CO[Si](C(C)C)(C(C)C)C(C)C)[C@H]2OCc2ccc(OC)cc2)cc1. The summed E-state index contributed by atoms with van der Waals surface area (Å²) < 4.78 is 37.5. The number of methoxy groups -OCH3 is 2. The van der Waals surface area contributed by atoms with E-state index < -0.39 is 8.32 Å². The molecule has 0 amide bonds. The molecule has 0 aromatic heterocycles. The summed E-state index contributed by atoms with van der Waals surface area (Å²) in [5.41, 5.74) is 3.74. The Morgan fingerprint density at radius 3 is 1.62 bits per heavy atom. The lowest BCUT2D eigenvalue weighted by Gasteiger charge is -2.44. The van der Waals surface area contributed by atoms with Crippen LogP contribution >= 0.6 is 0 Å². The van der Waals surface area contributed by atoms with E-state index in [1.165, 1.54) is 0 Å². The summed E-state index contributed by atoms with van der Waals surface area (Å²) in [6, 6.07) is 16.1. The Balaban J connectivity index is 1.52. The summed E-state index contributed by atoms with van der Waals surface area (Å²) in [5.74, 6) is 2.03. The van der Waals surface area contributed by atoms with Crippen molar-refractivity contribution in [2.45, 2.75) is 102 Å². The zero-order valence-corrected chi connectivity index (χ0v) is 26.0. The van der Waals surface area contributed by atoms with Gasteiger partial charge in [0.25, 0.3) is 0 Å². The Hall–Kier alpha value is -1.90. The molecule has 1 saturated heterocycles. The van der Waals surface area contributed by atoms with Crippen molar-refractivity contribution in [2.75, 3.05) is 20.8 Å². The second-order valence-electron chi connectivity index (χ2n) is 12.0. The van der Waals surface area contributed by atoms with Crippen molar-refractivity contribution in [3.8, 4) is 11.5 Å². The molecule has 1 saturated carbocycles. The molecule has 216 valence electrons. The van der Waals surface area contributed by atoms with Crippen LogP contribution in [0.3, 0.4) is 0 Å². The normalized spacial score (nSPS) is 24.7. The molecule has 2 fully saturated rings. The largest absolute Gasteiger partial charge is 0.497 e. The molecule has 0 unspecified atom stereocenters. The summed E-state index contributed by atoms with van der Waals surface area (Å²) in [6.07, 6.45) is 0.788. The van der Waals surface area contributed by atoms with Gasteiger partial charge in [0.05, 0.1) is 46.2 Å². The molecule has 39 heavy (non-hydrogen) atoms. The van der Waals surface area contributed by atoms with Crippen molar-refractivity contribution in [2.24, 2.45) is 5.92 Å². The van der Waals surface area contributed by atoms with Crippen molar-refractivity contribution in [1.82, 2.24) is 0 Å². The van der Waals surface area contributed by atoms with Crippen molar-refractivity contribution >= 4 is 8.32 Å². The minimum Gasteiger partial charge on any atom is -0.497 e. The third kappa shape index (κ3) is 6.88. The van der Waals surface area contributed by atoms with E-state index in [1.54, 1.807) is 14.2 Å². The minimum atomic E-state index is -2.05. The van der Waals surface area contributed by atoms with Crippen molar-refractivity contribution in [3.63, 3.8) is 0 Å². The third-order valence-electron chi connectivity index (χ3n) is 8.65. The van der Waals surface area contributed by atoms with Crippen LogP contribution < -0.4 is 9.47 Å². The Bertz CT molecular complexity index is 1000. The van der Waals surface area contributed by atoms with E-state index in [4.69, 9.17) is 28.1 Å². The van der Waals surface area contributed by atoms with Gasteiger partial charge in [0, 0.05) is 5.92 Å². The number of benzene rings is 2. The lowest BCUT2D eigenvalue weighted by atomic mass is 10.0. The van der Waals surface area contributed by atoms with Gasteiger partial charge in [-0.25, -0.2) is 0 Å². The molecule has 7 heteroatoms. The lowest BCUT2D eigenvalue weighted by Crippen LogP contribution is -2.54. The zero-order chi connectivity index (χ0) is 28.2. The maximum atomic E-state index is 7.02. The van der Waals surface area contributed by atoms with Crippen LogP contribution in [0.2, 0.25) is 16.6 Å². The smallest absolute Gasteiger partial charge is 0.200 e. The molecule has 0 radical (unpaired) electrons. The predicted octanol–water partition coefficient (Wildman–Crippen LogP) is 7.15.